The van der Waals surface area contributed by atoms with Gasteiger partial charge in [0.15, 0.2) is 0 Å². The third kappa shape index (κ3) is 3.04. The van der Waals surface area contributed by atoms with E-state index in [2.05, 4.69) is 104 Å². The fourth-order valence-corrected chi connectivity index (χ4v) is 4.71. The quantitative estimate of drug-likeness (QED) is 0.348. The SMILES string of the molecule is C=Cc1[nH]c2ccc3c(c2c1/C=C\C)Oc1ccc(Nc2ccccc2C)cc1C3(C)C. The molecule has 1 aromatic heterocycles. The van der Waals surface area contributed by atoms with E-state index in [-0.39, 0.29) is 5.41 Å². The van der Waals surface area contributed by atoms with Crippen LogP contribution in [0.3, 0.4) is 0 Å². The van der Waals surface area contributed by atoms with E-state index in [1.807, 2.05) is 13.0 Å². The molecule has 0 unspecified atom stereocenters. The van der Waals surface area contributed by atoms with Crippen LogP contribution in [0.5, 0.6) is 11.5 Å². The Morgan fingerprint density at radius 3 is 2.59 bits per heavy atom. The summed E-state index contributed by atoms with van der Waals surface area (Å²) < 4.78 is 6.58. The first-order valence-electron chi connectivity index (χ1n) is 11.0. The van der Waals surface area contributed by atoms with Crippen molar-refractivity contribution < 1.29 is 4.74 Å². The number of benzene rings is 3. The number of H-pyrrole nitrogens is 1. The number of fused-ring (bicyclic) bond motifs is 4. The molecule has 3 nitrogen and oxygen atoms in total. The summed E-state index contributed by atoms with van der Waals surface area (Å²) in [5, 5.41) is 4.68. The summed E-state index contributed by atoms with van der Waals surface area (Å²) in [6.45, 7) is 12.7. The van der Waals surface area contributed by atoms with Gasteiger partial charge < -0.3 is 15.0 Å². The number of allylic oxidation sites excluding steroid dienone is 1. The predicted molar refractivity (Wildman–Crippen MR) is 136 cm³/mol. The highest BCUT2D eigenvalue weighted by Crippen LogP contribution is 2.52. The molecule has 32 heavy (non-hydrogen) atoms. The Morgan fingerprint density at radius 1 is 1.03 bits per heavy atom. The molecular formula is C29H28N2O. The molecule has 4 aromatic rings. The highest BCUT2D eigenvalue weighted by molar-refractivity contribution is 5.99. The number of hydrogen-bond donors (Lipinski definition) is 2. The minimum atomic E-state index is -0.209. The van der Waals surface area contributed by atoms with E-state index in [4.69, 9.17) is 4.74 Å². The van der Waals surface area contributed by atoms with E-state index >= 15 is 0 Å². The maximum atomic E-state index is 6.58. The van der Waals surface area contributed by atoms with Gasteiger partial charge in [-0.05, 0) is 55.8 Å². The van der Waals surface area contributed by atoms with Crippen LogP contribution in [0.15, 0.2) is 67.3 Å². The minimum absolute atomic E-state index is 0.209. The van der Waals surface area contributed by atoms with Crippen molar-refractivity contribution in [1.29, 1.82) is 0 Å². The van der Waals surface area contributed by atoms with Crippen LogP contribution in [-0.4, -0.2) is 4.98 Å². The highest BCUT2D eigenvalue weighted by atomic mass is 16.5. The van der Waals surface area contributed by atoms with E-state index < -0.39 is 0 Å². The monoisotopic (exact) mass is 420 g/mol. The second-order valence-corrected chi connectivity index (χ2v) is 8.90. The fourth-order valence-electron chi connectivity index (χ4n) is 4.71. The summed E-state index contributed by atoms with van der Waals surface area (Å²) in [6.07, 6.45) is 6.05. The van der Waals surface area contributed by atoms with Crippen LogP contribution in [0.1, 0.15) is 48.7 Å². The van der Waals surface area contributed by atoms with Gasteiger partial charge in [0.25, 0.3) is 0 Å². The predicted octanol–water partition coefficient (Wildman–Crippen LogP) is 8.33. The van der Waals surface area contributed by atoms with Crippen molar-refractivity contribution in [1.82, 2.24) is 4.98 Å². The molecule has 1 aliphatic heterocycles. The van der Waals surface area contributed by atoms with E-state index in [0.717, 1.165) is 45.0 Å². The summed E-state index contributed by atoms with van der Waals surface area (Å²) >= 11 is 0. The molecule has 2 N–H and O–H groups in total. The van der Waals surface area contributed by atoms with Gasteiger partial charge in [-0.3, -0.25) is 0 Å². The largest absolute Gasteiger partial charge is 0.456 e. The standard InChI is InChI=1S/C29H28N2O/c1-6-10-20-23(7-2)31-25-15-14-21-28(27(20)25)32-26-16-13-19(17-22(26)29(21,4)5)30-24-12-9-8-11-18(24)3/h6-17,30-31H,2H2,1,3-5H3/b10-6-. The van der Waals surface area contributed by atoms with Crippen LogP contribution in [0, 0.1) is 6.92 Å². The first-order valence-corrected chi connectivity index (χ1v) is 11.0. The lowest BCUT2D eigenvalue weighted by atomic mass is 9.75. The van der Waals surface area contributed by atoms with E-state index in [9.17, 15) is 0 Å². The molecule has 0 amide bonds. The Morgan fingerprint density at radius 2 is 1.84 bits per heavy atom. The molecule has 5 rings (SSSR count). The summed E-state index contributed by atoms with van der Waals surface area (Å²) in [4.78, 5) is 3.48. The second kappa shape index (κ2) is 7.45. The van der Waals surface area contributed by atoms with Gasteiger partial charge in [-0.2, -0.15) is 0 Å². The third-order valence-electron chi connectivity index (χ3n) is 6.49. The van der Waals surface area contributed by atoms with Crippen LogP contribution in [0.2, 0.25) is 0 Å². The van der Waals surface area contributed by atoms with Crippen molar-refractivity contribution in [3.63, 3.8) is 0 Å². The smallest absolute Gasteiger partial charge is 0.141 e. The van der Waals surface area contributed by atoms with Crippen molar-refractivity contribution in [2.24, 2.45) is 0 Å². The molecule has 2 heterocycles. The van der Waals surface area contributed by atoms with Gasteiger partial charge in [0.05, 0.1) is 10.9 Å². The lowest BCUT2D eigenvalue weighted by Crippen LogP contribution is -2.24. The number of rotatable bonds is 4. The summed E-state index contributed by atoms with van der Waals surface area (Å²) in [7, 11) is 0. The highest BCUT2D eigenvalue weighted by Gasteiger charge is 2.36. The lowest BCUT2D eigenvalue weighted by Gasteiger charge is -2.35. The molecule has 0 fully saturated rings. The molecule has 0 saturated heterocycles. The number of aryl methyl sites for hydroxylation is 1. The molecule has 160 valence electrons. The zero-order chi connectivity index (χ0) is 22.5. The molecule has 0 spiro atoms. The summed E-state index contributed by atoms with van der Waals surface area (Å²) in [5.41, 5.74) is 8.73. The van der Waals surface area contributed by atoms with Gasteiger partial charge in [-0.15, -0.1) is 0 Å². The van der Waals surface area contributed by atoms with Gasteiger partial charge in [0.1, 0.15) is 11.5 Å². The number of aromatic nitrogens is 1. The van der Waals surface area contributed by atoms with Crippen LogP contribution in [0.4, 0.5) is 11.4 Å². The van der Waals surface area contributed by atoms with E-state index in [0.29, 0.717) is 0 Å². The van der Waals surface area contributed by atoms with Crippen LogP contribution in [-0.2, 0) is 5.41 Å². The summed E-state index contributed by atoms with van der Waals surface area (Å²) in [5.74, 6) is 1.83. The molecular weight excluding hydrogens is 392 g/mol. The van der Waals surface area contributed by atoms with Crippen molar-refractivity contribution in [2.75, 3.05) is 5.32 Å². The number of anilines is 2. The van der Waals surface area contributed by atoms with Gasteiger partial charge in [0, 0.05) is 39.2 Å². The zero-order valence-electron chi connectivity index (χ0n) is 19.0. The Bertz CT molecular complexity index is 1390. The first kappa shape index (κ1) is 20.2. The van der Waals surface area contributed by atoms with Crippen molar-refractivity contribution in [3.8, 4) is 11.5 Å². The topological polar surface area (TPSA) is 37.0 Å². The molecule has 0 bridgehead atoms. The number of ether oxygens (including phenoxy) is 1. The Kier molecular flexibility index (Phi) is 4.70. The average molecular weight is 421 g/mol. The minimum Gasteiger partial charge on any atom is -0.456 e. The number of nitrogens with one attached hydrogen (secondary N) is 2. The van der Waals surface area contributed by atoms with Gasteiger partial charge in [-0.1, -0.05) is 56.8 Å². The number of para-hydroxylation sites is 1. The van der Waals surface area contributed by atoms with Gasteiger partial charge in [-0.25, -0.2) is 0 Å². The lowest BCUT2D eigenvalue weighted by molar-refractivity contribution is 0.423. The summed E-state index contributed by atoms with van der Waals surface area (Å²) in [6, 6.07) is 19.1. The van der Waals surface area contributed by atoms with Crippen LogP contribution >= 0.6 is 0 Å². The maximum absolute atomic E-state index is 6.58. The molecule has 3 heteroatoms. The van der Waals surface area contributed by atoms with Crippen LogP contribution < -0.4 is 10.1 Å². The second-order valence-electron chi connectivity index (χ2n) is 8.90. The van der Waals surface area contributed by atoms with Crippen LogP contribution in [0.25, 0.3) is 23.1 Å². The van der Waals surface area contributed by atoms with E-state index in [1.165, 1.54) is 16.7 Å². The van der Waals surface area contributed by atoms with Crippen molar-refractivity contribution >= 4 is 34.4 Å². The Labute approximate surface area is 189 Å². The molecule has 1 aliphatic rings. The molecule has 3 aromatic carbocycles. The maximum Gasteiger partial charge on any atom is 0.141 e. The molecule has 0 aliphatic carbocycles. The van der Waals surface area contributed by atoms with Crippen molar-refractivity contribution in [3.05, 3.63) is 95.2 Å². The number of aromatic amines is 1. The van der Waals surface area contributed by atoms with Gasteiger partial charge >= 0.3 is 0 Å². The Hall–Kier alpha value is -3.72. The molecule has 0 radical (unpaired) electrons. The molecule has 0 saturated carbocycles. The third-order valence-corrected chi connectivity index (χ3v) is 6.49. The van der Waals surface area contributed by atoms with E-state index in [1.54, 1.807) is 0 Å². The van der Waals surface area contributed by atoms with Crippen molar-refractivity contribution in [2.45, 2.75) is 33.1 Å². The Balaban J connectivity index is 1.65. The first-order chi connectivity index (χ1) is 15.4. The normalized spacial score (nSPS) is 14.1. The molecule has 0 atom stereocenters. The van der Waals surface area contributed by atoms with Gasteiger partial charge in [0.2, 0.25) is 0 Å². The fraction of sp³-hybridized carbons (Fsp3) is 0.172. The average Bonchev–Trinajstić information content (AvgIpc) is 3.14. The zero-order valence-corrected chi connectivity index (χ0v) is 19.0. The number of hydrogen-bond acceptors (Lipinski definition) is 2.